The number of nitrogens with zero attached hydrogens (tertiary/aromatic N) is 1. The number of alkyl carbamates (subject to hydrolysis) is 1. The summed E-state index contributed by atoms with van der Waals surface area (Å²) >= 11 is 0. The number of hydrogen-bond donors (Lipinski definition) is 2. The van der Waals surface area contributed by atoms with Gasteiger partial charge in [0.1, 0.15) is 18.0 Å². The highest BCUT2D eigenvalue weighted by Crippen LogP contribution is 2.23. The number of aromatic nitrogens is 1. The number of ether oxygens (including phenoxy) is 2. The summed E-state index contributed by atoms with van der Waals surface area (Å²) in [5.74, 6) is 0.788. The zero-order valence-electron chi connectivity index (χ0n) is 20.1. The molecule has 1 saturated heterocycles. The predicted octanol–water partition coefficient (Wildman–Crippen LogP) is 4.72. The number of nitrogens with one attached hydrogen (secondary N) is 2. The topological polar surface area (TPSA) is 85.6 Å². The van der Waals surface area contributed by atoms with E-state index < -0.39 is 12.2 Å². The van der Waals surface area contributed by atoms with Crippen LogP contribution in [0.1, 0.15) is 31.4 Å². The van der Waals surface area contributed by atoms with Crippen molar-refractivity contribution < 1.29 is 23.1 Å². The molecule has 3 aromatic rings. The lowest BCUT2D eigenvalue weighted by Crippen LogP contribution is -2.42. The van der Waals surface area contributed by atoms with E-state index in [-0.39, 0.29) is 24.5 Å². The van der Waals surface area contributed by atoms with Crippen LogP contribution in [0.3, 0.4) is 0 Å². The van der Waals surface area contributed by atoms with Crippen LogP contribution in [0.5, 0.6) is 0 Å². The molecule has 1 aromatic heterocycles. The van der Waals surface area contributed by atoms with Gasteiger partial charge < -0.3 is 24.5 Å². The van der Waals surface area contributed by atoms with Crippen molar-refractivity contribution in [2.24, 2.45) is 5.92 Å². The molecule has 2 heterocycles. The number of oxazole rings is 1. The standard InChI is InChI=1S/C27H32FN3O4/c1-3-18(2)16-33-25-15-30-23(12-19-7-9-21(10-8-19)24-14-29-17-34-24)26(25)35-27(32)31-13-20-5-4-6-22(28)11-20/h4-11,14,17-18,23,25-26,30H,3,12-13,15-16H2,1-2H3,(H,31,32)/t18-,23+,25-,26-/m0/s1. The Morgan fingerprint density at radius 1 is 1.26 bits per heavy atom. The second-order valence-corrected chi connectivity index (χ2v) is 9.02. The third-order valence-corrected chi connectivity index (χ3v) is 6.33. The van der Waals surface area contributed by atoms with Crippen LogP contribution >= 0.6 is 0 Å². The van der Waals surface area contributed by atoms with Crippen molar-refractivity contribution in [3.8, 4) is 11.3 Å². The van der Waals surface area contributed by atoms with Crippen molar-refractivity contribution in [1.29, 1.82) is 0 Å². The van der Waals surface area contributed by atoms with Crippen molar-refractivity contribution >= 4 is 6.09 Å². The van der Waals surface area contributed by atoms with Gasteiger partial charge in [-0.3, -0.25) is 0 Å². The van der Waals surface area contributed by atoms with Crippen molar-refractivity contribution in [3.05, 3.63) is 78.1 Å². The molecular weight excluding hydrogens is 449 g/mol. The molecule has 1 amide bonds. The van der Waals surface area contributed by atoms with Crippen LogP contribution in [0, 0.1) is 11.7 Å². The minimum absolute atomic E-state index is 0.104. The maximum absolute atomic E-state index is 13.4. The SMILES string of the molecule is CC[C@H](C)CO[C@H]1CN[C@H](Cc2ccc(-c3cnco3)cc2)[C@@H]1OC(=O)NCc1cccc(F)c1. The van der Waals surface area contributed by atoms with E-state index in [1.165, 1.54) is 18.5 Å². The van der Waals surface area contributed by atoms with Crippen LogP contribution in [0.25, 0.3) is 11.3 Å². The van der Waals surface area contributed by atoms with E-state index in [0.29, 0.717) is 36.8 Å². The summed E-state index contributed by atoms with van der Waals surface area (Å²) in [6.45, 7) is 5.64. The average molecular weight is 482 g/mol. The molecule has 4 atom stereocenters. The molecule has 8 heteroatoms. The molecule has 1 aliphatic heterocycles. The van der Waals surface area contributed by atoms with E-state index in [1.807, 2.05) is 24.3 Å². The predicted molar refractivity (Wildman–Crippen MR) is 130 cm³/mol. The molecular formula is C27H32FN3O4. The monoisotopic (exact) mass is 481 g/mol. The summed E-state index contributed by atoms with van der Waals surface area (Å²) in [6.07, 6.45) is 3.52. The fourth-order valence-corrected chi connectivity index (χ4v) is 4.07. The lowest BCUT2D eigenvalue weighted by Gasteiger charge is -2.25. The third-order valence-electron chi connectivity index (χ3n) is 6.33. The average Bonchev–Trinajstić information content (AvgIpc) is 3.53. The van der Waals surface area contributed by atoms with Crippen molar-refractivity contribution in [2.75, 3.05) is 13.2 Å². The Hall–Kier alpha value is -3.23. The number of carbonyl (C=O) groups excluding carboxylic acids is 1. The Kier molecular flexibility index (Phi) is 8.50. The van der Waals surface area contributed by atoms with Gasteiger partial charge in [-0.05, 0) is 35.6 Å². The Morgan fingerprint density at radius 2 is 2.09 bits per heavy atom. The summed E-state index contributed by atoms with van der Waals surface area (Å²) < 4.78 is 30.8. The molecule has 35 heavy (non-hydrogen) atoms. The first-order valence-electron chi connectivity index (χ1n) is 12.0. The summed E-state index contributed by atoms with van der Waals surface area (Å²) in [5, 5.41) is 6.20. The van der Waals surface area contributed by atoms with Gasteiger partial charge in [0.25, 0.3) is 0 Å². The Labute approximate surface area is 205 Å². The van der Waals surface area contributed by atoms with Crippen LogP contribution < -0.4 is 10.6 Å². The molecule has 0 bridgehead atoms. The van der Waals surface area contributed by atoms with Gasteiger partial charge in [0.15, 0.2) is 12.2 Å². The summed E-state index contributed by atoms with van der Waals surface area (Å²) in [5.41, 5.74) is 2.71. The first kappa shape index (κ1) is 24.9. The van der Waals surface area contributed by atoms with E-state index in [0.717, 1.165) is 17.5 Å². The first-order valence-corrected chi connectivity index (χ1v) is 12.0. The largest absolute Gasteiger partial charge is 0.444 e. The Morgan fingerprint density at radius 3 is 2.80 bits per heavy atom. The third kappa shape index (κ3) is 6.90. The molecule has 7 nitrogen and oxygen atoms in total. The Bertz CT molecular complexity index is 1070. The molecule has 0 saturated carbocycles. The van der Waals surface area contributed by atoms with Gasteiger partial charge in [0, 0.05) is 25.3 Å². The molecule has 186 valence electrons. The van der Waals surface area contributed by atoms with Gasteiger partial charge in [0.2, 0.25) is 0 Å². The molecule has 2 N–H and O–H groups in total. The molecule has 0 spiro atoms. The van der Waals surface area contributed by atoms with Crippen molar-refractivity contribution in [2.45, 2.75) is 51.5 Å². The zero-order chi connectivity index (χ0) is 24.6. The number of benzene rings is 2. The van der Waals surface area contributed by atoms with Crippen LogP contribution in [-0.4, -0.2) is 42.5 Å². The van der Waals surface area contributed by atoms with E-state index in [4.69, 9.17) is 13.9 Å². The number of amides is 1. The number of halogens is 1. The maximum Gasteiger partial charge on any atom is 0.407 e. The zero-order valence-corrected chi connectivity index (χ0v) is 20.1. The second-order valence-electron chi connectivity index (χ2n) is 9.02. The van der Waals surface area contributed by atoms with Gasteiger partial charge in [-0.15, -0.1) is 0 Å². The molecule has 0 aliphatic carbocycles. The van der Waals surface area contributed by atoms with Crippen LogP contribution in [0.2, 0.25) is 0 Å². The van der Waals surface area contributed by atoms with Gasteiger partial charge in [0.05, 0.1) is 12.2 Å². The summed E-state index contributed by atoms with van der Waals surface area (Å²) in [6, 6.07) is 14.1. The highest BCUT2D eigenvalue weighted by Gasteiger charge is 2.39. The molecule has 0 unspecified atom stereocenters. The van der Waals surface area contributed by atoms with Crippen LogP contribution in [-0.2, 0) is 22.4 Å². The van der Waals surface area contributed by atoms with Crippen LogP contribution in [0.4, 0.5) is 9.18 Å². The molecule has 1 fully saturated rings. The summed E-state index contributed by atoms with van der Waals surface area (Å²) in [4.78, 5) is 16.6. The minimum Gasteiger partial charge on any atom is -0.444 e. The normalized spacial score (nSPS) is 20.5. The summed E-state index contributed by atoms with van der Waals surface area (Å²) in [7, 11) is 0. The van der Waals surface area contributed by atoms with E-state index >= 15 is 0 Å². The van der Waals surface area contributed by atoms with Crippen molar-refractivity contribution in [3.63, 3.8) is 0 Å². The fourth-order valence-electron chi connectivity index (χ4n) is 4.07. The molecule has 4 rings (SSSR count). The van der Waals surface area contributed by atoms with E-state index in [2.05, 4.69) is 29.5 Å². The fraction of sp³-hybridized carbons (Fsp3) is 0.407. The number of hydrogen-bond acceptors (Lipinski definition) is 6. The second kappa shape index (κ2) is 12.0. The minimum atomic E-state index is -0.550. The van der Waals surface area contributed by atoms with Crippen molar-refractivity contribution in [1.82, 2.24) is 15.6 Å². The van der Waals surface area contributed by atoms with E-state index in [1.54, 1.807) is 18.3 Å². The number of rotatable bonds is 10. The smallest absolute Gasteiger partial charge is 0.407 e. The quantitative estimate of drug-likeness (QED) is 0.436. The number of carbonyl (C=O) groups is 1. The highest BCUT2D eigenvalue weighted by molar-refractivity contribution is 5.67. The molecule has 2 aromatic carbocycles. The van der Waals surface area contributed by atoms with E-state index in [9.17, 15) is 9.18 Å². The Balaban J connectivity index is 1.40. The van der Waals surface area contributed by atoms with Gasteiger partial charge >= 0.3 is 6.09 Å². The maximum atomic E-state index is 13.4. The van der Waals surface area contributed by atoms with Gasteiger partial charge in [-0.2, -0.15) is 0 Å². The van der Waals surface area contributed by atoms with Crippen LogP contribution in [0.15, 0.2) is 65.5 Å². The molecule has 0 radical (unpaired) electrons. The highest BCUT2D eigenvalue weighted by atomic mass is 19.1. The van der Waals surface area contributed by atoms with Gasteiger partial charge in [-0.25, -0.2) is 14.2 Å². The first-order chi connectivity index (χ1) is 17.0. The molecule has 1 aliphatic rings. The van der Waals surface area contributed by atoms with Gasteiger partial charge in [-0.1, -0.05) is 56.7 Å². The lowest BCUT2D eigenvalue weighted by atomic mass is 10.00. The lowest BCUT2D eigenvalue weighted by molar-refractivity contribution is -0.0362.